The van der Waals surface area contributed by atoms with Crippen molar-refractivity contribution in [2.24, 2.45) is 4.40 Å². The van der Waals surface area contributed by atoms with E-state index < -0.39 is 14.9 Å². The minimum Gasteiger partial charge on any atom is -0.359 e. The Hall–Kier alpha value is -2.45. The van der Waals surface area contributed by atoms with Crippen molar-refractivity contribution in [2.45, 2.75) is 30.6 Å². The zero-order valence-electron chi connectivity index (χ0n) is 15.1. The molecule has 0 saturated carbocycles. The number of nitro benzene ring substituents is 1. The van der Waals surface area contributed by atoms with Crippen LogP contribution in [-0.2, 0) is 16.4 Å². The predicted octanol–water partition coefficient (Wildman–Crippen LogP) is 4.06. The molecule has 1 fully saturated rings. The number of amidine groups is 1. The van der Waals surface area contributed by atoms with Crippen LogP contribution >= 0.6 is 11.6 Å². The van der Waals surface area contributed by atoms with E-state index in [0.717, 1.165) is 24.9 Å². The van der Waals surface area contributed by atoms with Crippen molar-refractivity contribution in [1.82, 2.24) is 4.90 Å². The fourth-order valence-corrected chi connectivity index (χ4v) is 4.26. The molecule has 1 aliphatic heterocycles. The van der Waals surface area contributed by atoms with Crippen molar-refractivity contribution in [3.8, 4) is 0 Å². The molecule has 7 nitrogen and oxygen atoms in total. The lowest BCUT2D eigenvalue weighted by Crippen LogP contribution is -2.37. The number of sulfonamides is 1. The highest BCUT2D eigenvalue weighted by molar-refractivity contribution is 7.90. The van der Waals surface area contributed by atoms with Crippen LogP contribution < -0.4 is 0 Å². The Kier molecular flexibility index (Phi) is 6.31. The number of rotatable bonds is 6. The molecule has 0 atom stereocenters. The number of nitro groups is 1. The molecule has 0 radical (unpaired) electrons. The molecular formula is C19H20ClN3O4S. The van der Waals surface area contributed by atoms with Gasteiger partial charge in [-0.15, -0.1) is 4.40 Å². The Morgan fingerprint density at radius 3 is 2.39 bits per heavy atom. The third-order valence-electron chi connectivity index (χ3n) is 4.60. The normalized spacial score (nSPS) is 16.3. The maximum atomic E-state index is 12.6. The van der Waals surface area contributed by atoms with E-state index in [1.54, 1.807) is 12.1 Å². The zero-order chi connectivity index (χ0) is 20.1. The van der Waals surface area contributed by atoms with Crippen LogP contribution in [0.2, 0.25) is 5.02 Å². The molecule has 9 heteroatoms. The molecule has 0 N–H and O–H groups in total. The monoisotopic (exact) mass is 421 g/mol. The summed E-state index contributed by atoms with van der Waals surface area (Å²) < 4.78 is 29.3. The highest BCUT2D eigenvalue weighted by atomic mass is 35.5. The lowest BCUT2D eigenvalue weighted by molar-refractivity contribution is -0.384. The first-order chi connectivity index (χ1) is 13.3. The van der Waals surface area contributed by atoms with Crippen molar-refractivity contribution in [1.29, 1.82) is 0 Å². The third-order valence-corrected chi connectivity index (χ3v) is 6.17. The van der Waals surface area contributed by atoms with Crippen LogP contribution in [0, 0.1) is 10.1 Å². The van der Waals surface area contributed by atoms with Gasteiger partial charge >= 0.3 is 0 Å². The lowest BCUT2D eigenvalue weighted by atomic mass is 10.1. The van der Waals surface area contributed by atoms with E-state index in [9.17, 15) is 18.5 Å². The molecule has 0 bridgehead atoms. The van der Waals surface area contributed by atoms with Crippen LogP contribution in [0.25, 0.3) is 0 Å². The van der Waals surface area contributed by atoms with Crippen molar-refractivity contribution in [3.05, 3.63) is 69.2 Å². The molecule has 2 aromatic rings. The summed E-state index contributed by atoms with van der Waals surface area (Å²) in [5.41, 5.74) is 1.01. The summed E-state index contributed by atoms with van der Waals surface area (Å²) in [4.78, 5) is 12.4. The van der Waals surface area contributed by atoms with Crippen LogP contribution in [-0.4, -0.2) is 37.2 Å². The van der Waals surface area contributed by atoms with E-state index in [0.29, 0.717) is 30.2 Å². The number of likely N-dealkylation sites (tertiary alicyclic amines) is 1. The van der Waals surface area contributed by atoms with Crippen LogP contribution in [0.4, 0.5) is 5.69 Å². The third kappa shape index (κ3) is 5.08. The molecule has 148 valence electrons. The smallest absolute Gasteiger partial charge is 0.283 e. The first kappa shape index (κ1) is 20.3. The molecule has 0 unspecified atom stereocenters. The highest BCUT2D eigenvalue weighted by Crippen LogP contribution is 2.20. The number of hydrogen-bond donors (Lipinski definition) is 0. The second-order valence-corrected chi connectivity index (χ2v) is 8.59. The second-order valence-electron chi connectivity index (χ2n) is 6.55. The van der Waals surface area contributed by atoms with Crippen LogP contribution in [0.3, 0.4) is 0 Å². The van der Waals surface area contributed by atoms with Crippen LogP contribution in [0.15, 0.2) is 57.8 Å². The van der Waals surface area contributed by atoms with Gasteiger partial charge < -0.3 is 4.90 Å². The average molecular weight is 422 g/mol. The molecule has 0 aromatic heterocycles. The maximum Gasteiger partial charge on any atom is 0.283 e. The first-order valence-corrected chi connectivity index (χ1v) is 10.7. The van der Waals surface area contributed by atoms with Gasteiger partial charge in [-0.1, -0.05) is 23.7 Å². The van der Waals surface area contributed by atoms with Crippen LogP contribution in [0.5, 0.6) is 0 Å². The number of piperidine rings is 1. The van der Waals surface area contributed by atoms with E-state index in [1.807, 2.05) is 4.90 Å². The van der Waals surface area contributed by atoms with Gasteiger partial charge in [-0.05, 0) is 49.1 Å². The average Bonchev–Trinajstić information content (AvgIpc) is 2.68. The van der Waals surface area contributed by atoms with Gasteiger partial charge in [0.25, 0.3) is 15.7 Å². The molecular weight excluding hydrogens is 402 g/mol. The summed E-state index contributed by atoms with van der Waals surface area (Å²) >= 11 is 5.83. The quantitative estimate of drug-likeness (QED) is 0.517. The largest absolute Gasteiger partial charge is 0.359 e. The van der Waals surface area contributed by atoms with Crippen molar-refractivity contribution in [3.63, 3.8) is 0 Å². The predicted molar refractivity (Wildman–Crippen MR) is 108 cm³/mol. The Balaban J connectivity index is 1.73. The highest BCUT2D eigenvalue weighted by Gasteiger charge is 2.21. The van der Waals surface area contributed by atoms with Gasteiger partial charge in [0.1, 0.15) is 5.84 Å². The molecule has 3 rings (SSSR count). The Morgan fingerprint density at radius 1 is 1.07 bits per heavy atom. The van der Waals surface area contributed by atoms with Gasteiger partial charge in [0.05, 0.1) is 9.82 Å². The summed E-state index contributed by atoms with van der Waals surface area (Å²) in [5.74, 6) is 0.558. The van der Waals surface area contributed by atoms with Crippen molar-refractivity contribution >= 4 is 33.1 Å². The maximum absolute atomic E-state index is 12.6. The number of benzene rings is 2. The summed E-state index contributed by atoms with van der Waals surface area (Å²) in [6, 6.07) is 12.4. The van der Waals surface area contributed by atoms with E-state index in [-0.39, 0.29) is 10.6 Å². The number of halogens is 1. The fourth-order valence-electron chi connectivity index (χ4n) is 3.06. The molecule has 0 spiro atoms. The van der Waals surface area contributed by atoms with Crippen molar-refractivity contribution < 1.29 is 13.3 Å². The van der Waals surface area contributed by atoms with E-state index >= 15 is 0 Å². The van der Waals surface area contributed by atoms with Gasteiger partial charge in [0.15, 0.2) is 0 Å². The lowest BCUT2D eigenvalue weighted by Gasteiger charge is -2.30. The van der Waals surface area contributed by atoms with Crippen LogP contribution in [0.1, 0.15) is 24.8 Å². The minimum atomic E-state index is -3.79. The summed E-state index contributed by atoms with van der Waals surface area (Å²) in [7, 11) is -3.79. The van der Waals surface area contributed by atoms with Crippen molar-refractivity contribution in [2.75, 3.05) is 13.1 Å². The Labute approximate surface area is 168 Å². The minimum absolute atomic E-state index is 0.0537. The van der Waals surface area contributed by atoms with Gasteiger partial charge in [-0.25, -0.2) is 0 Å². The number of hydrogen-bond acceptors (Lipinski definition) is 4. The number of non-ortho nitro benzene ring substituents is 1. The van der Waals surface area contributed by atoms with E-state index in [1.165, 1.54) is 36.4 Å². The molecule has 1 saturated heterocycles. The van der Waals surface area contributed by atoms with E-state index in [2.05, 4.69) is 4.40 Å². The second kappa shape index (κ2) is 8.70. The molecule has 1 aliphatic rings. The summed E-state index contributed by atoms with van der Waals surface area (Å²) in [5, 5.41) is 11.2. The zero-order valence-corrected chi connectivity index (χ0v) is 16.7. The molecule has 0 aliphatic carbocycles. The van der Waals surface area contributed by atoms with E-state index in [4.69, 9.17) is 11.6 Å². The first-order valence-electron chi connectivity index (χ1n) is 8.93. The molecule has 0 amide bonds. The molecule has 1 heterocycles. The van der Waals surface area contributed by atoms with Gasteiger partial charge in [-0.2, -0.15) is 8.42 Å². The molecule has 2 aromatic carbocycles. The Bertz CT molecular complexity index is 973. The Morgan fingerprint density at radius 2 is 1.75 bits per heavy atom. The summed E-state index contributed by atoms with van der Waals surface area (Å²) in [6.45, 7) is 1.34. The number of nitrogens with zero attached hydrogens (tertiary/aromatic N) is 3. The standard InChI is InChI=1S/C19H20ClN3O4S/c20-16-6-10-18(11-7-16)28(26,27)21-19-3-1-2-13-22(19)14-12-15-4-8-17(9-5-15)23(24)25/h4-11H,1-3,12-14H2. The molecule has 28 heavy (non-hydrogen) atoms. The van der Waals surface area contributed by atoms with Gasteiger partial charge in [-0.3, -0.25) is 10.1 Å². The SMILES string of the molecule is O=[N+]([O-])c1ccc(CCN2CCCCC2=NS(=O)(=O)c2ccc(Cl)cc2)cc1. The summed E-state index contributed by atoms with van der Waals surface area (Å²) in [6.07, 6.45) is 3.12. The fraction of sp³-hybridized carbons (Fsp3) is 0.316. The van der Waals surface area contributed by atoms with Gasteiger partial charge in [0, 0.05) is 36.7 Å². The topological polar surface area (TPSA) is 92.9 Å². The van der Waals surface area contributed by atoms with Gasteiger partial charge in [0.2, 0.25) is 0 Å².